The van der Waals surface area contributed by atoms with Crippen LogP contribution in [0.1, 0.15) is 19.8 Å². The molecule has 3 rings (SSSR count). The number of hydrogen-bond acceptors (Lipinski definition) is 4. The summed E-state index contributed by atoms with van der Waals surface area (Å²) in [7, 11) is 0. The summed E-state index contributed by atoms with van der Waals surface area (Å²) in [4.78, 5) is 11.9. The minimum atomic E-state index is -1.10. The first kappa shape index (κ1) is 16.9. The van der Waals surface area contributed by atoms with E-state index in [1.165, 1.54) is 6.07 Å². The lowest BCUT2D eigenvalue weighted by Crippen LogP contribution is -2.01. The van der Waals surface area contributed by atoms with Crippen molar-refractivity contribution in [3.05, 3.63) is 70.9 Å². The molecule has 0 aliphatic heterocycles. The van der Waals surface area contributed by atoms with Crippen LogP contribution >= 0.6 is 0 Å². The molecule has 2 N–H and O–H groups in total. The summed E-state index contributed by atoms with van der Waals surface area (Å²) in [5.74, 6) is 0.606. The van der Waals surface area contributed by atoms with Crippen LogP contribution in [0.3, 0.4) is 0 Å². The number of para-hydroxylation sites is 1. The molecule has 1 heterocycles. The molecule has 0 aliphatic rings. The second kappa shape index (κ2) is 8.27. The highest BCUT2D eigenvalue weighted by atomic mass is 16.5. The maximum atomic E-state index is 11.9. The van der Waals surface area contributed by atoms with Gasteiger partial charge in [-0.15, -0.1) is 0 Å². The second-order valence-electron chi connectivity index (χ2n) is 5.11. The second-order valence-corrected chi connectivity index (χ2v) is 5.11. The lowest BCUT2D eigenvalue weighted by atomic mass is 10.1. The lowest BCUT2D eigenvalue weighted by Gasteiger charge is -2.02. The van der Waals surface area contributed by atoms with E-state index in [1.54, 1.807) is 6.07 Å². The molecular weight excluding hydrogens is 292 g/mol. The van der Waals surface area contributed by atoms with Crippen molar-refractivity contribution < 1.29 is 14.6 Å². The summed E-state index contributed by atoms with van der Waals surface area (Å²) >= 11 is 0. The number of rotatable bonds is 3. The highest BCUT2D eigenvalue weighted by molar-refractivity contribution is 5.78. The molecule has 0 spiro atoms. The maximum absolute atomic E-state index is 11.9. The SMILES string of the molecule is CCCC(O)O.O=c1cc(-c2ccccc2)oc2ccccc12. The number of hydrogen-bond donors (Lipinski definition) is 2. The Kier molecular flexibility index (Phi) is 6.09. The smallest absolute Gasteiger partial charge is 0.193 e. The minimum Gasteiger partial charge on any atom is -0.456 e. The summed E-state index contributed by atoms with van der Waals surface area (Å²) in [5.41, 5.74) is 1.53. The third kappa shape index (κ3) is 4.77. The topological polar surface area (TPSA) is 70.7 Å². The first-order valence-electron chi connectivity index (χ1n) is 7.56. The van der Waals surface area contributed by atoms with Gasteiger partial charge in [0.05, 0.1) is 5.39 Å². The molecule has 0 fully saturated rings. The highest BCUT2D eigenvalue weighted by Crippen LogP contribution is 2.21. The zero-order chi connectivity index (χ0) is 16.7. The number of fused-ring (bicyclic) bond motifs is 1. The molecule has 0 bridgehead atoms. The third-order valence-corrected chi connectivity index (χ3v) is 3.24. The quantitative estimate of drug-likeness (QED) is 0.726. The molecule has 0 radical (unpaired) electrons. The van der Waals surface area contributed by atoms with E-state index in [-0.39, 0.29) is 5.43 Å². The normalized spacial score (nSPS) is 10.4. The van der Waals surface area contributed by atoms with Gasteiger partial charge in [-0.3, -0.25) is 4.79 Å². The van der Waals surface area contributed by atoms with Crippen LogP contribution < -0.4 is 5.43 Å². The van der Waals surface area contributed by atoms with Crippen molar-refractivity contribution in [2.24, 2.45) is 0 Å². The van der Waals surface area contributed by atoms with E-state index in [4.69, 9.17) is 14.6 Å². The standard InChI is InChI=1S/C15H10O2.C4H10O2/c16-13-10-15(11-6-2-1-3-7-11)17-14-9-5-4-8-12(13)14;1-2-3-4(5)6/h1-10H;4-6H,2-3H2,1H3. The van der Waals surface area contributed by atoms with Crippen LogP contribution in [0, 0.1) is 0 Å². The Bertz CT molecular complexity index is 791. The fraction of sp³-hybridized carbons (Fsp3) is 0.211. The van der Waals surface area contributed by atoms with E-state index in [0.29, 0.717) is 23.2 Å². The zero-order valence-corrected chi connectivity index (χ0v) is 13.0. The Morgan fingerprint density at radius 1 is 1.00 bits per heavy atom. The van der Waals surface area contributed by atoms with Crippen molar-refractivity contribution in [3.63, 3.8) is 0 Å². The van der Waals surface area contributed by atoms with E-state index in [2.05, 4.69) is 0 Å². The molecule has 0 unspecified atom stereocenters. The first-order valence-corrected chi connectivity index (χ1v) is 7.56. The minimum absolute atomic E-state index is 0.00861. The molecule has 4 nitrogen and oxygen atoms in total. The van der Waals surface area contributed by atoms with Gasteiger partial charge < -0.3 is 14.6 Å². The Labute approximate surface area is 134 Å². The molecular formula is C19H20O4. The van der Waals surface area contributed by atoms with Crippen molar-refractivity contribution in [3.8, 4) is 11.3 Å². The Morgan fingerprint density at radius 3 is 2.26 bits per heavy atom. The zero-order valence-electron chi connectivity index (χ0n) is 13.0. The average Bonchev–Trinajstić information content (AvgIpc) is 2.56. The maximum Gasteiger partial charge on any atom is 0.193 e. The molecule has 2 aromatic carbocycles. The van der Waals surface area contributed by atoms with Crippen LogP contribution in [0.2, 0.25) is 0 Å². The average molecular weight is 312 g/mol. The first-order chi connectivity index (χ1) is 11.1. The van der Waals surface area contributed by atoms with Crippen molar-refractivity contribution >= 4 is 11.0 Å². The number of benzene rings is 2. The van der Waals surface area contributed by atoms with Crippen LogP contribution in [-0.4, -0.2) is 16.5 Å². The van der Waals surface area contributed by atoms with E-state index >= 15 is 0 Å². The van der Waals surface area contributed by atoms with Gasteiger partial charge >= 0.3 is 0 Å². The number of aliphatic hydroxyl groups is 2. The molecule has 0 atom stereocenters. The van der Waals surface area contributed by atoms with E-state index < -0.39 is 6.29 Å². The van der Waals surface area contributed by atoms with E-state index in [0.717, 1.165) is 12.0 Å². The van der Waals surface area contributed by atoms with Crippen LogP contribution in [0.25, 0.3) is 22.3 Å². The predicted molar refractivity (Wildman–Crippen MR) is 91.1 cm³/mol. The lowest BCUT2D eigenvalue weighted by molar-refractivity contribution is -0.0453. The van der Waals surface area contributed by atoms with Crippen LogP contribution in [0.15, 0.2) is 69.9 Å². The summed E-state index contributed by atoms with van der Waals surface area (Å²) in [6.07, 6.45) is 0.215. The van der Waals surface area contributed by atoms with Gasteiger partial charge in [-0.1, -0.05) is 55.8 Å². The monoisotopic (exact) mass is 312 g/mol. The summed E-state index contributed by atoms with van der Waals surface area (Å²) in [6.45, 7) is 1.90. The van der Waals surface area contributed by atoms with Gasteiger partial charge in [-0.25, -0.2) is 0 Å². The van der Waals surface area contributed by atoms with E-state index in [1.807, 2.05) is 55.5 Å². The van der Waals surface area contributed by atoms with Crippen LogP contribution in [0.5, 0.6) is 0 Å². The number of aliphatic hydroxyl groups excluding tert-OH is 1. The largest absolute Gasteiger partial charge is 0.456 e. The molecule has 120 valence electrons. The molecule has 0 aliphatic carbocycles. The highest BCUT2D eigenvalue weighted by Gasteiger charge is 2.05. The van der Waals surface area contributed by atoms with Crippen molar-refractivity contribution in [1.29, 1.82) is 0 Å². The van der Waals surface area contributed by atoms with Gasteiger partial charge in [0.15, 0.2) is 11.7 Å². The molecule has 3 aromatic rings. The van der Waals surface area contributed by atoms with E-state index in [9.17, 15) is 4.79 Å². The van der Waals surface area contributed by atoms with Gasteiger partial charge in [0.2, 0.25) is 0 Å². The molecule has 0 saturated heterocycles. The van der Waals surface area contributed by atoms with Crippen molar-refractivity contribution in [1.82, 2.24) is 0 Å². The summed E-state index contributed by atoms with van der Waals surface area (Å²) < 4.78 is 5.73. The van der Waals surface area contributed by atoms with Crippen molar-refractivity contribution in [2.45, 2.75) is 26.1 Å². The third-order valence-electron chi connectivity index (χ3n) is 3.24. The Morgan fingerprint density at radius 2 is 1.65 bits per heavy atom. The fourth-order valence-electron chi connectivity index (χ4n) is 2.11. The van der Waals surface area contributed by atoms with Gasteiger partial charge in [0.25, 0.3) is 0 Å². The predicted octanol–water partition coefficient (Wildman–Crippen LogP) is 3.56. The van der Waals surface area contributed by atoms with Crippen LogP contribution in [-0.2, 0) is 0 Å². The molecule has 23 heavy (non-hydrogen) atoms. The molecule has 1 aromatic heterocycles. The van der Waals surface area contributed by atoms with Gasteiger partial charge in [-0.2, -0.15) is 0 Å². The fourth-order valence-corrected chi connectivity index (χ4v) is 2.11. The van der Waals surface area contributed by atoms with Crippen LogP contribution in [0.4, 0.5) is 0 Å². The molecule has 4 heteroatoms. The molecule has 0 amide bonds. The van der Waals surface area contributed by atoms with Gasteiger partial charge in [-0.05, 0) is 18.6 Å². The summed E-state index contributed by atoms with van der Waals surface area (Å²) in [5, 5.41) is 16.8. The molecule has 0 saturated carbocycles. The van der Waals surface area contributed by atoms with Gasteiger partial charge in [0.1, 0.15) is 11.3 Å². The van der Waals surface area contributed by atoms with Crippen molar-refractivity contribution in [2.75, 3.05) is 0 Å². The Hall–Kier alpha value is -2.43. The Balaban J connectivity index is 0.000000277. The summed E-state index contributed by atoms with van der Waals surface area (Å²) in [6, 6.07) is 18.4. The van der Waals surface area contributed by atoms with Gasteiger partial charge in [0, 0.05) is 11.6 Å².